The molecule has 0 bridgehead atoms. The van der Waals surface area contributed by atoms with Crippen LogP contribution < -0.4 is 4.74 Å². The van der Waals surface area contributed by atoms with Crippen LogP contribution in [0, 0.1) is 0 Å². The topological polar surface area (TPSA) is 66.8 Å². The van der Waals surface area contributed by atoms with Crippen LogP contribution in [-0.2, 0) is 4.79 Å². The third kappa shape index (κ3) is 2.99. The lowest BCUT2D eigenvalue weighted by atomic mass is 10.2. The number of aliphatic hydroxyl groups excluding tert-OH is 1. The number of aliphatic hydroxyl groups is 1. The Labute approximate surface area is 127 Å². The summed E-state index contributed by atoms with van der Waals surface area (Å²) in [5.74, 6) is 0.574. The smallest absolute Gasteiger partial charge is 0.260 e. The molecule has 3 rings (SSSR count). The van der Waals surface area contributed by atoms with Gasteiger partial charge in [-0.15, -0.1) is 0 Å². The minimum Gasteiger partial charge on any atom is -0.457 e. The van der Waals surface area contributed by atoms with E-state index in [1.54, 1.807) is 24.3 Å². The maximum atomic E-state index is 12.2. The summed E-state index contributed by atoms with van der Waals surface area (Å²) in [6.07, 6.45) is -0.766. The molecule has 0 aliphatic carbocycles. The van der Waals surface area contributed by atoms with Gasteiger partial charge in [-0.3, -0.25) is 14.5 Å². The molecule has 2 aromatic carbocycles. The van der Waals surface area contributed by atoms with Crippen LogP contribution in [0.3, 0.4) is 0 Å². The highest BCUT2D eigenvalue weighted by molar-refractivity contribution is 6.05. The van der Waals surface area contributed by atoms with Gasteiger partial charge in [0.05, 0.1) is 19.1 Å². The van der Waals surface area contributed by atoms with Crippen molar-refractivity contribution in [3.8, 4) is 11.5 Å². The fourth-order valence-corrected chi connectivity index (χ4v) is 2.33. The summed E-state index contributed by atoms with van der Waals surface area (Å²) < 4.78 is 5.64. The molecule has 1 fully saturated rings. The average Bonchev–Trinajstić information content (AvgIpc) is 2.87. The van der Waals surface area contributed by atoms with Crippen molar-refractivity contribution in [1.82, 2.24) is 4.90 Å². The zero-order chi connectivity index (χ0) is 15.5. The predicted molar refractivity (Wildman–Crippen MR) is 79.6 cm³/mol. The molecule has 112 valence electrons. The lowest BCUT2D eigenvalue weighted by Gasteiger charge is -2.14. The van der Waals surface area contributed by atoms with Crippen LogP contribution >= 0.6 is 0 Å². The van der Waals surface area contributed by atoms with Crippen LogP contribution in [-0.4, -0.2) is 34.5 Å². The second-order valence-corrected chi connectivity index (χ2v) is 5.11. The number of para-hydroxylation sites is 1. The first-order valence-corrected chi connectivity index (χ1v) is 6.99. The van der Waals surface area contributed by atoms with Crippen molar-refractivity contribution in [2.75, 3.05) is 6.54 Å². The molecule has 1 saturated heterocycles. The van der Waals surface area contributed by atoms with Gasteiger partial charge >= 0.3 is 0 Å². The molecular formula is C17H15NO4. The van der Waals surface area contributed by atoms with E-state index in [0.717, 1.165) is 4.90 Å². The monoisotopic (exact) mass is 297 g/mol. The number of carbonyl (C=O) groups excluding carboxylic acids is 2. The normalized spacial score (nSPS) is 17.6. The predicted octanol–water partition coefficient (Wildman–Crippen LogP) is 2.21. The maximum absolute atomic E-state index is 12.2. The van der Waals surface area contributed by atoms with Crippen molar-refractivity contribution >= 4 is 11.8 Å². The Bertz CT molecular complexity index is 682. The van der Waals surface area contributed by atoms with E-state index in [1.165, 1.54) is 0 Å². The van der Waals surface area contributed by atoms with Gasteiger partial charge in [0.25, 0.3) is 5.91 Å². The Kier molecular flexibility index (Phi) is 3.89. The second kappa shape index (κ2) is 5.99. The van der Waals surface area contributed by atoms with E-state index in [9.17, 15) is 14.7 Å². The van der Waals surface area contributed by atoms with Crippen LogP contribution in [0.25, 0.3) is 0 Å². The molecular weight excluding hydrogens is 282 g/mol. The number of hydrogen-bond acceptors (Lipinski definition) is 4. The van der Waals surface area contributed by atoms with Crippen LogP contribution in [0.4, 0.5) is 0 Å². The Balaban J connectivity index is 1.71. The molecule has 1 aliphatic heterocycles. The highest BCUT2D eigenvalue weighted by Crippen LogP contribution is 2.22. The number of benzene rings is 2. The summed E-state index contributed by atoms with van der Waals surface area (Å²) in [5.41, 5.74) is 0.392. The molecule has 5 heteroatoms. The standard InChI is InChI=1S/C17H15NO4/c19-13-10-16(20)18(11-13)17(21)12-6-8-15(9-7-12)22-14-4-2-1-3-5-14/h1-9,13,19H,10-11H2. The van der Waals surface area contributed by atoms with Crippen molar-refractivity contribution in [2.45, 2.75) is 12.5 Å². The molecule has 1 heterocycles. The molecule has 2 amide bonds. The average molecular weight is 297 g/mol. The summed E-state index contributed by atoms with van der Waals surface area (Å²) in [5, 5.41) is 9.44. The molecule has 22 heavy (non-hydrogen) atoms. The van der Waals surface area contributed by atoms with Crippen LogP contribution in [0.1, 0.15) is 16.8 Å². The van der Waals surface area contributed by atoms with E-state index in [-0.39, 0.29) is 18.9 Å². The van der Waals surface area contributed by atoms with Gasteiger partial charge in [0.15, 0.2) is 0 Å². The Morgan fingerprint density at radius 3 is 2.27 bits per heavy atom. The number of β-amino-alcohol motifs (C(OH)–C–C–N with tert-alkyl or cyclic N) is 1. The number of carbonyl (C=O) groups is 2. The summed E-state index contributed by atoms with van der Waals surface area (Å²) in [4.78, 5) is 24.9. The zero-order valence-corrected chi connectivity index (χ0v) is 11.8. The summed E-state index contributed by atoms with van der Waals surface area (Å²) in [7, 11) is 0. The molecule has 0 aromatic heterocycles. The van der Waals surface area contributed by atoms with Crippen molar-refractivity contribution < 1.29 is 19.4 Å². The molecule has 5 nitrogen and oxygen atoms in total. The van der Waals surface area contributed by atoms with Crippen molar-refractivity contribution in [3.05, 3.63) is 60.2 Å². The number of nitrogens with zero attached hydrogens (tertiary/aromatic N) is 1. The molecule has 1 aliphatic rings. The van der Waals surface area contributed by atoms with E-state index in [4.69, 9.17) is 4.74 Å². The first-order valence-electron chi connectivity index (χ1n) is 6.99. The zero-order valence-electron chi connectivity index (χ0n) is 11.8. The molecule has 0 saturated carbocycles. The third-order valence-electron chi connectivity index (χ3n) is 3.43. The van der Waals surface area contributed by atoms with E-state index in [1.807, 2.05) is 30.3 Å². The minimum atomic E-state index is -0.767. The quantitative estimate of drug-likeness (QED) is 0.882. The Hall–Kier alpha value is -2.66. The SMILES string of the molecule is O=C1CC(O)CN1C(=O)c1ccc(Oc2ccccc2)cc1. The molecule has 0 spiro atoms. The van der Waals surface area contributed by atoms with E-state index < -0.39 is 12.0 Å². The molecule has 0 radical (unpaired) electrons. The largest absolute Gasteiger partial charge is 0.457 e. The highest BCUT2D eigenvalue weighted by Gasteiger charge is 2.33. The van der Waals surface area contributed by atoms with Crippen LogP contribution in [0.2, 0.25) is 0 Å². The fourth-order valence-electron chi connectivity index (χ4n) is 2.33. The number of hydrogen-bond donors (Lipinski definition) is 1. The number of amides is 2. The van der Waals surface area contributed by atoms with E-state index in [0.29, 0.717) is 17.1 Å². The second-order valence-electron chi connectivity index (χ2n) is 5.11. The first kappa shape index (κ1) is 14.3. The van der Waals surface area contributed by atoms with Gasteiger partial charge < -0.3 is 9.84 Å². The Morgan fingerprint density at radius 2 is 1.68 bits per heavy atom. The summed E-state index contributed by atoms with van der Waals surface area (Å²) in [6.45, 7) is 0.0555. The fraction of sp³-hybridized carbons (Fsp3) is 0.176. The highest BCUT2D eigenvalue weighted by atomic mass is 16.5. The van der Waals surface area contributed by atoms with Crippen molar-refractivity contribution in [3.63, 3.8) is 0 Å². The summed E-state index contributed by atoms with van der Waals surface area (Å²) in [6, 6.07) is 15.9. The van der Waals surface area contributed by atoms with Crippen molar-refractivity contribution in [1.29, 1.82) is 0 Å². The number of likely N-dealkylation sites (tertiary alicyclic amines) is 1. The van der Waals surface area contributed by atoms with Gasteiger partial charge in [0.2, 0.25) is 5.91 Å². The first-order chi connectivity index (χ1) is 10.6. The number of imide groups is 1. The minimum absolute atomic E-state index is 0.000934. The van der Waals surface area contributed by atoms with Gasteiger partial charge in [-0.1, -0.05) is 18.2 Å². The van der Waals surface area contributed by atoms with Crippen molar-refractivity contribution in [2.24, 2.45) is 0 Å². The maximum Gasteiger partial charge on any atom is 0.260 e. The van der Waals surface area contributed by atoms with Gasteiger partial charge in [0.1, 0.15) is 11.5 Å². The number of rotatable bonds is 3. The van der Waals surface area contributed by atoms with Crippen LogP contribution in [0.15, 0.2) is 54.6 Å². The number of ether oxygens (including phenoxy) is 1. The lowest BCUT2D eigenvalue weighted by Crippen LogP contribution is -2.32. The third-order valence-corrected chi connectivity index (χ3v) is 3.43. The van der Waals surface area contributed by atoms with Gasteiger partial charge in [-0.25, -0.2) is 0 Å². The van der Waals surface area contributed by atoms with Gasteiger partial charge in [0, 0.05) is 5.56 Å². The van der Waals surface area contributed by atoms with Gasteiger partial charge in [-0.05, 0) is 36.4 Å². The molecule has 1 N–H and O–H groups in total. The van der Waals surface area contributed by atoms with Gasteiger partial charge in [-0.2, -0.15) is 0 Å². The Morgan fingerprint density at radius 1 is 1.05 bits per heavy atom. The van der Waals surface area contributed by atoms with E-state index >= 15 is 0 Å². The van der Waals surface area contributed by atoms with Crippen LogP contribution in [0.5, 0.6) is 11.5 Å². The molecule has 1 unspecified atom stereocenters. The summed E-state index contributed by atoms with van der Waals surface area (Å²) >= 11 is 0. The molecule has 2 aromatic rings. The molecule has 1 atom stereocenters. The van der Waals surface area contributed by atoms with E-state index in [2.05, 4.69) is 0 Å². The lowest BCUT2D eigenvalue weighted by molar-refractivity contribution is -0.125.